The molecule has 1 aliphatic heterocycles. The van der Waals surface area contributed by atoms with E-state index in [1.807, 2.05) is 0 Å². The second kappa shape index (κ2) is 7.98. The Morgan fingerprint density at radius 3 is 2.41 bits per heavy atom. The van der Waals surface area contributed by atoms with Gasteiger partial charge in [-0.05, 0) is 63.1 Å². The Labute approximate surface area is 191 Å². The number of Topliss-reactive ketones (excluding diaryl/α,β-unsaturated/α-hetero) is 1. The van der Waals surface area contributed by atoms with Gasteiger partial charge in [0.05, 0.1) is 5.41 Å². The summed E-state index contributed by atoms with van der Waals surface area (Å²) in [5.74, 6) is -1.33. The summed E-state index contributed by atoms with van der Waals surface area (Å²) in [5, 5.41) is 11.3. The summed E-state index contributed by atoms with van der Waals surface area (Å²) >= 11 is 5.89. The van der Waals surface area contributed by atoms with Gasteiger partial charge in [0, 0.05) is 24.1 Å². The quantitative estimate of drug-likeness (QED) is 0.714. The molecule has 170 valence electrons. The van der Waals surface area contributed by atoms with E-state index in [1.165, 1.54) is 37.1 Å². The van der Waals surface area contributed by atoms with Gasteiger partial charge in [0.15, 0.2) is 11.7 Å². The highest BCUT2D eigenvalue weighted by atomic mass is 35.5. The molecular weight excluding hydrogens is 433 g/mol. The first-order valence-corrected chi connectivity index (χ1v) is 10.5. The fraction of sp³-hybridized carbons (Fsp3) is 0.375. The molecule has 2 aromatic carbocycles. The molecule has 0 fully saturated rings. The number of hydrogen-bond acceptors (Lipinski definition) is 5. The highest BCUT2D eigenvalue weighted by molar-refractivity contribution is 6.30. The Morgan fingerprint density at radius 2 is 1.81 bits per heavy atom. The first kappa shape index (κ1) is 23.9. The van der Waals surface area contributed by atoms with Gasteiger partial charge in [-0.2, -0.15) is 0 Å². The van der Waals surface area contributed by atoms with E-state index in [0.29, 0.717) is 16.1 Å². The van der Waals surface area contributed by atoms with Crippen molar-refractivity contribution < 1.29 is 19.1 Å². The number of hydrogen-bond donors (Lipinski definition) is 2. The maximum Gasteiger partial charge on any atom is 0.237 e. The lowest BCUT2D eigenvalue weighted by molar-refractivity contribution is -0.140. The van der Waals surface area contributed by atoms with Crippen molar-refractivity contribution in [3.05, 3.63) is 70.0 Å². The molecule has 0 bridgehead atoms. The lowest BCUT2D eigenvalue weighted by Crippen LogP contribution is -2.58. The number of rotatable bonds is 5. The van der Waals surface area contributed by atoms with Crippen LogP contribution in [0.15, 0.2) is 47.5 Å². The second-order valence-electron chi connectivity index (χ2n) is 9.02. The first-order chi connectivity index (χ1) is 14.7. The smallest absolute Gasteiger partial charge is 0.237 e. The number of nitrogens with zero attached hydrogens (tertiary/aromatic N) is 2. The zero-order chi connectivity index (χ0) is 24.1. The fourth-order valence-electron chi connectivity index (χ4n) is 3.92. The third-order valence-electron chi connectivity index (χ3n) is 6.61. The Morgan fingerprint density at radius 1 is 1.22 bits per heavy atom. The lowest BCUT2D eigenvalue weighted by Gasteiger charge is -2.46. The molecule has 1 unspecified atom stereocenters. The zero-order valence-electron chi connectivity index (χ0n) is 18.7. The minimum atomic E-state index is -1.76. The second-order valence-corrected chi connectivity index (χ2v) is 9.46. The van der Waals surface area contributed by atoms with E-state index in [1.54, 1.807) is 45.0 Å². The van der Waals surface area contributed by atoms with Crippen molar-refractivity contribution in [3.8, 4) is 0 Å². The van der Waals surface area contributed by atoms with Gasteiger partial charge in [0.1, 0.15) is 17.0 Å². The first-order valence-electron chi connectivity index (χ1n) is 10.2. The van der Waals surface area contributed by atoms with E-state index < -0.39 is 28.2 Å². The molecule has 0 radical (unpaired) electrons. The molecule has 1 heterocycles. The number of guanidine groups is 1. The molecule has 1 amide bonds. The van der Waals surface area contributed by atoms with Crippen molar-refractivity contribution in [3.63, 3.8) is 0 Å². The molecule has 1 aliphatic rings. The Kier molecular flexibility index (Phi) is 5.95. The SMILES string of the molecule is CN1C(=O)C(C)(C)[C@@](C)(c2cc(CC(=O)C(C)(O)c3ccc(Cl)cc3)ccc2F)N=C1N. The fourth-order valence-corrected chi connectivity index (χ4v) is 4.05. The van der Waals surface area contributed by atoms with Crippen LogP contribution in [0.5, 0.6) is 0 Å². The van der Waals surface area contributed by atoms with E-state index in [4.69, 9.17) is 17.3 Å². The number of aliphatic imine (C=N–C) groups is 1. The minimum absolute atomic E-state index is 0.0108. The number of aliphatic hydroxyl groups is 1. The van der Waals surface area contributed by atoms with Gasteiger partial charge in [0.2, 0.25) is 5.91 Å². The van der Waals surface area contributed by atoms with E-state index in [9.17, 15) is 19.1 Å². The predicted octanol–water partition coefficient (Wildman–Crippen LogP) is 3.53. The third-order valence-corrected chi connectivity index (χ3v) is 6.86. The number of carbonyl (C=O) groups is 2. The maximum atomic E-state index is 15.0. The van der Waals surface area contributed by atoms with E-state index in [2.05, 4.69) is 4.99 Å². The Hall–Kier alpha value is -2.77. The van der Waals surface area contributed by atoms with Gasteiger partial charge in [-0.3, -0.25) is 14.5 Å². The van der Waals surface area contributed by atoms with E-state index >= 15 is 0 Å². The number of amides is 1. The number of nitrogens with two attached hydrogens (primary N) is 1. The average Bonchev–Trinajstić information content (AvgIpc) is 2.72. The van der Waals surface area contributed by atoms with Crippen molar-refractivity contribution in [1.82, 2.24) is 4.90 Å². The normalized spacial score (nSPS) is 22.3. The van der Waals surface area contributed by atoms with Crippen molar-refractivity contribution in [2.75, 3.05) is 7.05 Å². The molecule has 0 aromatic heterocycles. The number of carbonyl (C=O) groups excluding carboxylic acids is 2. The van der Waals surface area contributed by atoms with Gasteiger partial charge in [-0.1, -0.05) is 29.8 Å². The maximum absolute atomic E-state index is 15.0. The largest absolute Gasteiger partial charge is 0.378 e. The molecule has 0 spiro atoms. The molecule has 3 N–H and O–H groups in total. The summed E-state index contributed by atoms with van der Waals surface area (Å²) in [5.41, 5.74) is 2.84. The van der Waals surface area contributed by atoms with Crippen LogP contribution in [0.2, 0.25) is 5.02 Å². The van der Waals surface area contributed by atoms with Crippen LogP contribution in [-0.2, 0) is 27.1 Å². The molecule has 3 rings (SSSR count). The number of halogens is 2. The molecule has 0 saturated heterocycles. The average molecular weight is 460 g/mol. The molecule has 0 aliphatic carbocycles. The predicted molar refractivity (Wildman–Crippen MR) is 122 cm³/mol. The van der Waals surface area contributed by atoms with Crippen LogP contribution in [0.25, 0.3) is 0 Å². The molecule has 8 heteroatoms. The van der Waals surface area contributed by atoms with Gasteiger partial charge in [0.25, 0.3) is 0 Å². The van der Waals surface area contributed by atoms with Crippen molar-refractivity contribution in [1.29, 1.82) is 0 Å². The Bertz CT molecular complexity index is 1110. The topological polar surface area (TPSA) is 96.0 Å². The Balaban J connectivity index is 2.00. The van der Waals surface area contributed by atoms with Crippen LogP contribution in [0, 0.1) is 11.2 Å². The van der Waals surface area contributed by atoms with Crippen LogP contribution < -0.4 is 5.73 Å². The molecule has 2 atom stereocenters. The van der Waals surface area contributed by atoms with E-state index in [-0.39, 0.29) is 23.9 Å². The number of ketones is 1. The third kappa shape index (κ3) is 3.80. The number of benzene rings is 2. The van der Waals surface area contributed by atoms with Gasteiger partial charge < -0.3 is 10.8 Å². The highest BCUT2D eigenvalue weighted by Gasteiger charge is 2.53. The molecule has 0 saturated carbocycles. The van der Waals surface area contributed by atoms with Crippen LogP contribution >= 0.6 is 11.6 Å². The van der Waals surface area contributed by atoms with Gasteiger partial charge >= 0.3 is 0 Å². The summed E-state index contributed by atoms with van der Waals surface area (Å²) in [6.45, 7) is 6.43. The van der Waals surface area contributed by atoms with Gasteiger partial charge in [-0.25, -0.2) is 9.38 Å². The summed E-state index contributed by atoms with van der Waals surface area (Å²) in [7, 11) is 1.52. The standard InChI is InChI=1S/C24H27ClFN3O3/c1-22(2)20(31)29(5)21(27)28-24(22,4)17-12-14(6-11-18(17)26)13-19(30)23(3,32)15-7-9-16(25)10-8-15/h6-12,32H,13H2,1-5H3,(H2,27,28)/t23?,24-/m1/s1. The van der Waals surface area contributed by atoms with Crippen molar-refractivity contribution >= 4 is 29.3 Å². The summed E-state index contributed by atoms with van der Waals surface area (Å²) in [4.78, 5) is 31.6. The van der Waals surface area contributed by atoms with Gasteiger partial charge in [-0.15, -0.1) is 0 Å². The zero-order valence-corrected chi connectivity index (χ0v) is 19.5. The highest BCUT2D eigenvalue weighted by Crippen LogP contribution is 2.47. The molecule has 6 nitrogen and oxygen atoms in total. The van der Waals surface area contributed by atoms with Crippen LogP contribution in [-0.4, -0.2) is 34.7 Å². The van der Waals surface area contributed by atoms with Crippen LogP contribution in [0.4, 0.5) is 4.39 Å². The van der Waals surface area contributed by atoms with Crippen molar-refractivity contribution in [2.45, 2.75) is 45.3 Å². The van der Waals surface area contributed by atoms with Crippen molar-refractivity contribution in [2.24, 2.45) is 16.1 Å². The summed E-state index contributed by atoms with van der Waals surface area (Å²) in [6, 6.07) is 10.6. The monoisotopic (exact) mass is 459 g/mol. The molecule has 2 aromatic rings. The van der Waals surface area contributed by atoms with Crippen LogP contribution in [0.1, 0.15) is 44.4 Å². The summed E-state index contributed by atoms with van der Waals surface area (Å²) in [6.07, 6.45) is -0.146. The van der Waals surface area contributed by atoms with E-state index in [0.717, 1.165) is 0 Å². The molecule has 32 heavy (non-hydrogen) atoms. The summed E-state index contributed by atoms with van der Waals surface area (Å²) < 4.78 is 15.0. The van der Waals surface area contributed by atoms with Crippen LogP contribution in [0.3, 0.4) is 0 Å². The lowest BCUT2D eigenvalue weighted by atomic mass is 9.67. The molecular formula is C24H27ClFN3O3. The minimum Gasteiger partial charge on any atom is -0.378 e.